The number of carbonyl (C=O) groups is 1. The summed E-state index contributed by atoms with van der Waals surface area (Å²) >= 11 is 5.85. The Morgan fingerprint density at radius 2 is 2.06 bits per heavy atom. The number of methoxy groups -OCH3 is 2. The topological polar surface area (TPSA) is 55.8 Å². The van der Waals surface area contributed by atoms with Crippen molar-refractivity contribution in [3.63, 3.8) is 0 Å². The second-order valence-electron chi connectivity index (χ2n) is 4.17. The summed E-state index contributed by atoms with van der Waals surface area (Å²) in [5.74, 6) is -1.51. The number of hydrogen-bond donors (Lipinski definition) is 1. The van der Waals surface area contributed by atoms with Crippen LogP contribution in [0.25, 0.3) is 0 Å². The van der Waals surface area contributed by atoms with Crippen LogP contribution in [0.4, 0.5) is 4.39 Å². The maximum Gasteiger partial charge on any atom is 0.314 e. The van der Waals surface area contributed by atoms with Gasteiger partial charge in [0.15, 0.2) is 11.5 Å². The summed E-state index contributed by atoms with van der Waals surface area (Å²) in [6, 6.07) is 1.35. The fourth-order valence-corrected chi connectivity index (χ4v) is 2.27. The van der Waals surface area contributed by atoms with Gasteiger partial charge in [-0.1, -0.05) is 11.6 Å². The standard InChI is InChI=1S/C12H12ClFO4/c1-17-7-5-6(12(3-4-12)11(15)16)9(14)8(13)10(7)18-2/h5H,3-4H2,1-2H3,(H,15,16). The molecule has 0 heterocycles. The van der Waals surface area contributed by atoms with Crippen LogP contribution in [0.3, 0.4) is 0 Å². The molecule has 4 nitrogen and oxygen atoms in total. The van der Waals surface area contributed by atoms with E-state index in [1.807, 2.05) is 0 Å². The number of ether oxygens (including phenoxy) is 2. The number of carboxylic acid groups (broad SMARTS) is 1. The second-order valence-corrected chi connectivity index (χ2v) is 4.55. The van der Waals surface area contributed by atoms with Gasteiger partial charge in [0.1, 0.15) is 10.8 Å². The molecule has 18 heavy (non-hydrogen) atoms. The molecule has 1 saturated carbocycles. The Kier molecular flexibility index (Phi) is 3.11. The van der Waals surface area contributed by atoms with E-state index < -0.39 is 17.2 Å². The molecule has 1 aliphatic carbocycles. The van der Waals surface area contributed by atoms with Gasteiger partial charge in [-0.3, -0.25) is 4.79 Å². The lowest BCUT2D eigenvalue weighted by atomic mass is 9.95. The van der Waals surface area contributed by atoms with Crippen molar-refractivity contribution in [1.82, 2.24) is 0 Å². The van der Waals surface area contributed by atoms with Gasteiger partial charge in [0, 0.05) is 5.56 Å². The van der Waals surface area contributed by atoms with Crippen LogP contribution >= 0.6 is 11.6 Å². The SMILES string of the molecule is COc1cc(C2(C(=O)O)CC2)c(F)c(Cl)c1OC. The molecule has 0 aromatic heterocycles. The van der Waals surface area contributed by atoms with E-state index in [-0.39, 0.29) is 22.1 Å². The van der Waals surface area contributed by atoms with Crippen LogP contribution in [0.2, 0.25) is 5.02 Å². The number of aliphatic carboxylic acids is 1. The van der Waals surface area contributed by atoms with Gasteiger partial charge in [0.25, 0.3) is 0 Å². The summed E-state index contributed by atoms with van der Waals surface area (Å²) in [6.07, 6.45) is 0.788. The maximum absolute atomic E-state index is 14.1. The molecular weight excluding hydrogens is 263 g/mol. The van der Waals surface area contributed by atoms with Crippen LogP contribution in [0, 0.1) is 5.82 Å². The fourth-order valence-electron chi connectivity index (χ4n) is 2.00. The highest BCUT2D eigenvalue weighted by molar-refractivity contribution is 6.32. The summed E-state index contributed by atoms with van der Waals surface area (Å²) in [6.45, 7) is 0. The molecular formula is C12H12ClFO4. The van der Waals surface area contributed by atoms with Gasteiger partial charge >= 0.3 is 5.97 Å². The summed E-state index contributed by atoms with van der Waals surface area (Å²) in [5.41, 5.74) is -1.12. The minimum absolute atomic E-state index is 0.0534. The largest absolute Gasteiger partial charge is 0.493 e. The Hall–Kier alpha value is -1.49. The van der Waals surface area contributed by atoms with Crippen molar-refractivity contribution in [2.24, 2.45) is 0 Å². The normalized spacial score (nSPS) is 16.2. The third-order valence-corrected chi connectivity index (χ3v) is 3.56. The van der Waals surface area contributed by atoms with Gasteiger partial charge in [0.2, 0.25) is 0 Å². The van der Waals surface area contributed by atoms with E-state index in [4.69, 9.17) is 21.1 Å². The van der Waals surface area contributed by atoms with Gasteiger partial charge in [-0.05, 0) is 18.9 Å². The Balaban J connectivity index is 2.63. The summed E-state index contributed by atoms with van der Waals surface area (Å²) in [7, 11) is 2.73. The van der Waals surface area contributed by atoms with Crippen molar-refractivity contribution in [2.75, 3.05) is 14.2 Å². The quantitative estimate of drug-likeness (QED) is 0.917. The molecule has 0 amide bonds. The van der Waals surface area contributed by atoms with Crippen LogP contribution in [-0.2, 0) is 10.2 Å². The fraction of sp³-hybridized carbons (Fsp3) is 0.417. The molecule has 0 spiro atoms. The van der Waals surface area contributed by atoms with Crippen molar-refractivity contribution in [3.8, 4) is 11.5 Å². The summed E-state index contributed by atoms with van der Waals surface area (Å²) < 4.78 is 24.1. The molecule has 0 bridgehead atoms. The van der Waals surface area contributed by atoms with Gasteiger partial charge in [-0.15, -0.1) is 0 Å². The zero-order valence-electron chi connectivity index (χ0n) is 9.92. The molecule has 2 rings (SSSR count). The first-order valence-corrected chi connectivity index (χ1v) is 5.69. The highest BCUT2D eigenvalue weighted by Crippen LogP contribution is 2.53. The smallest absolute Gasteiger partial charge is 0.314 e. The van der Waals surface area contributed by atoms with Crippen LogP contribution in [-0.4, -0.2) is 25.3 Å². The van der Waals surface area contributed by atoms with Crippen molar-refractivity contribution in [1.29, 1.82) is 0 Å². The van der Waals surface area contributed by atoms with Crippen molar-refractivity contribution < 1.29 is 23.8 Å². The van der Waals surface area contributed by atoms with Crippen LogP contribution in [0.1, 0.15) is 18.4 Å². The molecule has 1 aromatic carbocycles. The van der Waals surface area contributed by atoms with E-state index in [1.54, 1.807) is 0 Å². The lowest BCUT2D eigenvalue weighted by Gasteiger charge is -2.17. The maximum atomic E-state index is 14.1. The average molecular weight is 275 g/mol. The minimum Gasteiger partial charge on any atom is -0.493 e. The number of hydrogen-bond acceptors (Lipinski definition) is 3. The van der Waals surface area contributed by atoms with Crippen molar-refractivity contribution in [2.45, 2.75) is 18.3 Å². The number of carboxylic acids is 1. The predicted octanol–water partition coefficient (Wildman–Crippen LogP) is 2.61. The molecule has 1 N–H and O–H groups in total. The Morgan fingerprint density at radius 1 is 1.44 bits per heavy atom. The van der Waals surface area contributed by atoms with E-state index in [2.05, 4.69) is 0 Å². The van der Waals surface area contributed by atoms with Crippen LogP contribution < -0.4 is 9.47 Å². The Bertz CT molecular complexity index is 511. The highest BCUT2D eigenvalue weighted by atomic mass is 35.5. The monoisotopic (exact) mass is 274 g/mol. The molecule has 0 aliphatic heterocycles. The molecule has 0 radical (unpaired) electrons. The van der Waals surface area contributed by atoms with Gasteiger partial charge in [0.05, 0.1) is 19.6 Å². The lowest BCUT2D eigenvalue weighted by molar-refractivity contribution is -0.140. The predicted molar refractivity (Wildman–Crippen MR) is 63.1 cm³/mol. The van der Waals surface area contributed by atoms with E-state index in [0.717, 1.165) is 0 Å². The third kappa shape index (κ3) is 1.70. The summed E-state index contributed by atoms with van der Waals surface area (Å²) in [5, 5.41) is 8.93. The van der Waals surface area contributed by atoms with Gasteiger partial charge in [-0.2, -0.15) is 0 Å². The van der Waals surface area contributed by atoms with E-state index in [1.165, 1.54) is 20.3 Å². The first-order chi connectivity index (χ1) is 8.47. The molecule has 1 aromatic rings. The van der Waals surface area contributed by atoms with Crippen LogP contribution in [0.5, 0.6) is 11.5 Å². The zero-order valence-corrected chi connectivity index (χ0v) is 10.7. The van der Waals surface area contributed by atoms with Crippen LogP contribution in [0.15, 0.2) is 6.07 Å². The molecule has 98 valence electrons. The van der Waals surface area contributed by atoms with Gasteiger partial charge in [-0.25, -0.2) is 4.39 Å². The highest BCUT2D eigenvalue weighted by Gasteiger charge is 2.54. The number of rotatable bonds is 4. The summed E-state index contributed by atoms with van der Waals surface area (Å²) in [4.78, 5) is 11.2. The molecule has 1 fully saturated rings. The molecule has 1 aliphatic rings. The van der Waals surface area contributed by atoms with E-state index >= 15 is 0 Å². The van der Waals surface area contributed by atoms with E-state index in [0.29, 0.717) is 12.8 Å². The number of benzene rings is 1. The lowest BCUT2D eigenvalue weighted by Crippen LogP contribution is -2.21. The molecule has 0 atom stereocenters. The Morgan fingerprint density at radius 3 is 2.44 bits per heavy atom. The molecule has 0 saturated heterocycles. The molecule has 0 unspecified atom stereocenters. The first kappa shape index (κ1) is 13.0. The van der Waals surface area contributed by atoms with Crippen molar-refractivity contribution >= 4 is 17.6 Å². The zero-order chi connectivity index (χ0) is 13.5. The van der Waals surface area contributed by atoms with Gasteiger partial charge < -0.3 is 14.6 Å². The average Bonchev–Trinajstić information content (AvgIpc) is 3.13. The second kappa shape index (κ2) is 4.31. The van der Waals surface area contributed by atoms with Crippen molar-refractivity contribution in [3.05, 3.63) is 22.5 Å². The third-order valence-electron chi connectivity index (χ3n) is 3.23. The first-order valence-electron chi connectivity index (χ1n) is 5.31. The minimum atomic E-state index is -1.17. The van der Waals surface area contributed by atoms with E-state index in [9.17, 15) is 14.3 Å². The molecule has 6 heteroatoms. The number of halogens is 2. The Labute approximate surface area is 108 Å².